The van der Waals surface area contributed by atoms with Crippen LogP contribution in [0.15, 0.2) is 24.3 Å². The van der Waals surface area contributed by atoms with Crippen molar-refractivity contribution in [2.75, 3.05) is 13.1 Å². The number of amides is 1. The van der Waals surface area contributed by atoms with Crippen molar-refractivity contribution in [1.82, 2.24) is 15.8 Å². The van der Waals surface area contributed by atoms with Crippen LogP contribution in [0.3, 0.4) is 0 Å². The third kappa shape index (κ3) is 3.69. The van der Waals surface area contributed by atoms with E-state index >= 15 is 0 Å². The molecule has 2 fully saturated rings. The lowest BCUT2D eigenvalue weighted by Crippen LogP contribution is -2.50. The average molecular weight is 337 g/mol. The standard InChI is InChI=1S/C17H25ClN4O/c1-11-15(12-5-7-13(18)8-6-12)20-21-16(11)17(23)22-9-3-2-4-14(19)10-22/h5-8,11,14-16,20-21H,2-4,9-10,19H2,1H3. The Morgan fingerprint density at radius 1 is 1.26 bits per heavy atom. The minimum absolute atomic E-state index is 0.0955. The van der Waals surface area contributed by atoms with Gasteiger partial charge in [0.15, 0.2) is 0 Å². The summed E-state index contributed by atoms with van der Waals surface area (Å²) < 4.78 is 0. The topological polar surface area (TPSA) is 70.4 Å². The molecule has 2 saturated heterocycles. The molecule has 0 aliphatic carbocycles. The molecule has 0 radical (unpaired) electrons. The Labute approximate surface area is 142 Å². The molecule has 4 unspecified atom stereocenters. The summed E-state index contributed by atoms with van der Waals surface area (Å²) in [4.78, 5) is 14.8. The molecule has 0 saturated carbocycles. The molecule has 23 heavy (non-hydrogen) atoms. The van der Waals surface area contributed by atoms with Crippen LogP contribution in [0.1, 0.15) is 37.8 Å². The number of nitrogens with zero attached hydrogens (tertiary/aromatic N) is 1. The number of carbonyl (C=O) groups excluding carboxylic acids is 1. The SMILES string of the molecule is CC1C(C(=O)N2CCCCC(N)C2)NNC1c1ccc(Cl)cc1. The van der Waals surface area contributed by atoms with Crippen molar-refractivity contribution < 1.29 is 4.79 Å². The number of benzene rings is 1. The van der Waals surface area contributed by atoms with Gasteiger partial charge < -0.3 is 10.6 Å². The largest absolute Gasteiger partial charge is 0.340 e. The van der Waals surface area contributed by atoms with Crippen molar-refractivity contribution in [2.24, 2.45) is 11.7 Å². The highest BCUT2D eigenvalue weighted by atomic mass is 35.5. The normalized spacial score (nSPS) is 31.9. The molecule has 1 aromatic carbocycles. The summed E-state index contributed by atoms with van der Waals surface area (Å²) in [7, 11) is 0. The van der Waals surface area contributed by atoms with Gasteiger partial charge in [-0.2, -0.15) is 0 Å². The maximum atomic E-state index is 12.9. The number of rotatable bonds is 2. The Morgan fingerprint density at radius 3 is 2.74 bits per heavy atom. The number of nitrogens with two attached hydrogens (primary N) is 1. The first-order valence-corrected chi connectivity index (χ1v) is 8.75. The molecule has 126 valence electrons. The molecule has 1 aromatic rings. The van der Waals surface area contributed by atoms with Gasteiger partial charge >= 0.3 is 0 Å². The van der Waals surface area contributed by atoms with E-state index in [0.29, 0.717) is 6.54 Å². The van der Waals surface area contributed by atoms with Gasteiger partial charge in [0, 0.05) is 30.1 Å². The van der Waals surface area contributed by atoms with Gasteiger partial charge in [0.1, 0.15) is 6.04 Å². The maximum absolute atomic E-state index is 12.9. The Hall–Kier alpha value is -1.14. The summed E-state index contributed by atoms with van der Waals surface area (Å²) in [5, 5.41) is 0.721. The maximum Gasteiger partial charge on any atom is 0.241 e. The average Bonchev–Trinajstić information content (AvgIpc) is 2.77. The fourth-order valence-electron chi connectivity index (χ4n) is 3.55. The van der Waals surface area contributed by atoms with E-state index < -0.39 is 0 Å². The predicted molar refractivity (Wildman–Crippen MR) is 91.8 cm³/mol. The highest BCUT2D eigenvalue weighted by Crippen LogP contribution is 2.30. The number of hydrogen-bond donors (Lipinski definition) is 3. The van der Waals surface area contributed by atoms with Gasteiger partial charge in [-0.15, -0.1) is 0 Å². The molecule has 2 aliphatic rings. The number of hydrazine groups is 1. The Bertz CT molecular complexity index is 550. The first kappa shape index (κ1) is 16.7. The molecule has 0 bridgehead atoms. The molecule has 3 rings (SSSR count). The zero-order valence-electron chi connectivity index (χ0n) is 13.5. The summed E-state index contributed by atoms with van der Waals surface area (Å²) >= 11 is 5.96. The third-order valence-electron chi connectivity index (χ3n) is 4.96. The van der Waals surface area contributed by atoms with E-state index in [1.54, 1.807) is 0 Å². The van der Waals surface area contributed by atoms with Crippen LogP contribution in [0, 0.1) is 5.92 Å². The number of carbonyl (C=O) groups is 1. The lowest BCUT2D eigenvalue weighted by molar-refractivity contribution is -0.134. The molecule has 0 aromatic heterocycles. The van der Waals surface area contributed by atoms with E-state index in [0.717, 1.165) is 36.4 Å². The van der Waals surface area contributed by atoms with E-state index in [2.05, 4.69) is 17.8 Å². The molecule has 4 N–H and O–H groups in total. The molecule has 6 heteroatoms. The predicted octanol–water partition coefficient (Wildman–Crippen LogP) is 1.83. The van der Waals surface area contributed by atoms with Crippen molar-refractivity contribution in [2.45, 2.75) is 44.3 Å². The van der Waals surface area contributed by atoms with Crippen molar-refractivity contribution in [3.05, 3.63) is 34.9 Å². The van der Waals surface area contributed by atoms with Gasteiger partial charge in [0.25, 0.3) is 0 Å². The van der Waals surface area contributed by atoms with E-state index in [-0.39, 0.29) is 30.0 Å². The first-order chi connectivity index (χ1) is 11.1. The highest BCUT2D eigenvalue weighted by molar-refractivity contribution is 6.30. The Balaban J connectivity index is 1.69. The molecular weight excluding hydrogens is 312 g/mol. The second kappa shape index (κ2) is 7.18. The molecular formula is C17H25ClN4O. The van der Waals surface area contributed by atoms with Gasteiger partial charge in [-0.25, -0.2) is 10.9 Å². The minimum atomic E-state index is -0.221. The number of hydrogen-bond acceptors (Lipinski definition) is 4. The molecule has 4 atom stereocenters. The lowest BCUT2D eigenvalue weighted by atomic mass is 9.90. The quantitative estimate of drug-likeness (QED) is 0.770. The van der Waals surface area contributed by atoms with Crippen LogP contribution < -0.4 is 16.6 Å². The summed E-state index contributed by atoms with van der Waals surface area (Å²) in [6, 6.07) is 7.75. The van der Waals surface area contributed by atoms with Crippen molar-refractivity contribution >= 4 is 17.5 Å². The monoisotopic (exact) mass is 336 g/mol. The smallest absolute Gasteiger partial charge is 0.241 e. The van der Waals surface area contributed by atoms with Crippen LogP contribution in [-0.4, -0.2) is 36.0 Å². The zero-order valence-corrected chi connectivity index (χ0v) is 14.2. The van der Waals surface area contributed by atoms with Crippen LogP contribution in [0.5, 0.6) is 0 Å². The van der Waals surface area contributed by atoms with Crippen LogP contribution in [0.25, 0.3) is 0 Å². The molecule has 2 aliphatic heterocycles. The van der Waals surface area contributed by atoms with E-state index in [4.69, 9.17) is 17.3 Å². The van der Waals surface area contributed by atoms with Gasteiger partial charge in [0.2, 0.25) is 5.91 Å². The fourth-order valence-corrected chi connectivity index (χ4v) is 3.68. The van der Waals surface area contributed by atoms with Crippen molar-refractivity contribution in [1.29, 1.82) is 0 Å². The Kier molecular flexibility index (Phi) is 5.21. The van der Waals surface area contributed by atoms with Crippen LogP contribution >= 0.6 is 11.6 Å². The Morgan fingerprint density at radius 2 is 2.00 bits per heavy atom. The summed E-state index contributed by atoms with van der Waals surface area (Å²) in [6.45, 7) is 3.57. The second-order valence-electron chi connectivity index (χ2n) is 6.69. The first-order valence-electron chi connectivity index (χ1n) is 8.37. The summed E-state index contributed by atoms with van der Waals surface area (Å²) in [5.74, 6) is 0.307. The fraction of sp³-hybridized carbons (Fsp3) is 0.588. The number of halogens is 1. The summed E-state index contributed by atoms with van der Waals surface area (Å²) in [5.41, 5.74) is 13.7. The third-order valence-corrected chi connectivity index (χ3v) is 5.21. The van der Waals surface area contributed by atoms with Crippen LogP contribution in [0.2, 0.25) is 5.02 Å². The van der Waals surface area contributed by atoms with Gasteiger partial charge in [0.05, 0.1) is 6.04 Å². The van der Waals surface area contributed by atoms with Crippen molar-refractivity contribution in [3.63, 3.8) is 0 Å². The number of likely N-dealkylation sites (tertiary alicyclic amines) is 1. The van der Waals surface area contributed by atoms with E-state index in [9.17, 15) is 4.79 Å². The minimum Gasteiger partial charge on any atom is -0.340 e. The highest BCUT2D eigenvalue weighted by Gasteiger charge is 2.39. The van der Waals surface area contributed by atoms with Crippen LogP contribution in [-0.2, 0) is 4.79 Å². The van der Waals surface area contributed by atoms with Crippen molar-refractivity contribution in [3.8, 4) is 0 Å². The molecule has 1 amide bonds. The van der Waals surface area contributed by atoms with Gasteiger partial charge in [-0.3, -0.25) is 4.79 Å². The lowest BCUT2D eigenvalue weighted by Gasteiger charge is -2.27. The van der Waals surface area contributed by atoms with Gasteiger partial charge in [-0.05, 0) is 30.5 Å². The van der Waals surface area contributed by atoms with E-state index in [1.165, 1.54) is 0 Å². The second-order valence-corrected chi connectivity index (χ2v) is 7.13. The number of nitrogens with one attached hydrogen (secondary N) is 2. The molecule has 0 spiro atoms. The van der Waals surface area contributed by atoms with Gasteiger partial charge in [-0.1, -0.05) is 37.1 Å². The summed E-state index contributed by atoms with van der Waals surface area (Å²) in [6.07, 6.45) is 3.14. The zero-order chi connectivity index (χ0) is 16.4. The molecule has 2 heterocycles. The van der Waals surface area contributed by atoms with E-state index in [1.807, 2.05) is 29.2 Å². The van der Waals surface area contributed by atoms with Crippen LogP contribution in [0.4, 0.5) is 0 Å². The molecule has 5 nitrogen and oxygen atoms in total.